The van der Waals surface area contributed by atoms with Gasteiger partial charge in [-0.1, -0.05) is 0 Å². The predicted molar refractivity (Wildman–Crippen MR) is 403 cm³/mol. The molecule has 12 rings (SSSR count). The van der Waals surface area contributed by atoms with Crippen molar-refractivity contribution >= 4 is 105 Å². The monoisotopic (exact) mass is 1280 g/mol. The van der Waals surface area contributed by atoms with Crippen LogP contribution in [-0.4, -0.2) is 36.0 Å². The molecular weight excluding hydrogens is 1200 g/mol. The summed E-state index contributed by atoms with van der Waals surface area (Å²) in [6, 6.07) is 130. The van der Waals surface area contributed by atoms with E-state index < -0.39 is 52.7 Å². The summed E-state index contributed by atoms with van der Waals surface area (Å²) in [6.07, 6.45) is 5.98. The number of ether oxygens (including phenoxy) is 2. The number of esters is 2. The van der Waals surface area contributed by atoms with Crippen molar-refractivity contribution in [2.45, 2.75) is 50.2 Å². The van der Waals surface area contributed by atoms with E-state index in [0.29, 0.717) is 12.8 Å². The summed E-state index contributed by atoms with van der Waals surface area (Å²) in [5, 5.41) is 14.7. The first kappa shape index (κ1) is 63.4. The van der Waals surface area contributed by atoms with Crippen molar-refractivity contribution < 1.29 is 19.1 Å². The van der Waals surface area contributed by atoms with Crippen molar-refractivity contribution in [2.75, 3.05) is 12.3 Å². The van der Waals surface area contributed by atoms with Crippen LogP contribution in [0.5, 0.6) is 0 Å². The summed E-state index contributed by atoms with van der Waals surface area (Å²) in [6.45, 7) is 0. The molecule has 0 bridgehead atoms. The maximum absolute atomic E-state index is 16.0. The van der Waals surface area contributed by atoms with Crippen molar-refractivity contribution in [1.29, 1.82) is 0 Å². The van der Waals surface area contributed by atoms with Gasteiger partial charge in [-0.2, -0.15) is 0 Å². The van der Waals surface area contributed by atoms with Crippen LogP contribution in [-0.2, 0) is 19.1 Å². The minimum absolute atomic E-state index is 0.503. The summed E-state index contributed by atoms with van der Waals surface area (Å²) in [4.78, 5) is 32.0. The second kappa shape index (κ2) is 30.6. The van der Waals surface area contributed by atoms with Crippen LogP contribution >= 0.6 is 29.0 Å². The molecule has 8 heteroatoms. The maximum atomic E-state index is 16.0. The summed E-state index contributed by atoms with van der Waals surface area (Å²) in [7, 11) is -12.2. The Morgan fingerprint density at radius 3 is 0.533 bits per heavy atom. The molecule has 0 saturated carbocycles. The van der Waals surface area contributed by atoms with Gasteiger partial charge >= 0.3 is 550 Å². The first-order valence-corrected chi connectivity index (χ1v) is 41.1. The molecular formula is C84H82O4P4. The molecule has 12 aromatic rings. The van der Waals surface area contributed by atoms with Gasteiger partial charge in [0.2, 0.25) is 0 Å². The molecule has 0 heterocycles. The van der Waals surface area contributed by atoms with Crippen molar-refractivity contribution in [3.8, 4) is 0 Å². The van der Waals surface area contributed by atoms with Gasteiger partial charge in [-0.25, -0.2) is 0 Å². The van der Waals surface area contributed by atoms with E-state index in [0.717, 1.165) is 69.8 Å². The fraction of sp³-hybridized carbons (Fsp3) is 0.119. The van der Waals surface area contributed by atoms with Crippen LogP contribution < -0.4 is 63.7 Å². The molecule has 0 aliphatic heterocycles. The average Bonchev–Trinajstić information content (AvgIpc) is 0.773. The van der Waals surface area contributed by atoms with Crippen LogP contribution in [0.25, 0.3) is 0 Å². The van der Waals surface area contributed by atoms with Gasteiger partial charge in [-0.05, 0) is 0 Å². The van der Waals surface area contributed by atoms with Gasteiger partial charge in [0.15, 0.2) is 0 Å². The summed E-state index contributed by atoms with van der Waals surface area (Å²) in [5.41, 5.74) is 0. The Morgan fingerprint density at radius 1 is 0.217 bits per heavy atom. The normalized spacial score (nSPS) is 13.2. The van der Waals surface area contributed by atoms with Crippen LogP contribution in [0, 0.1) is 0 Å². The molecule has 0 aromatic heterocycles. The van der Waals surface area contributed by atoms with Crippen molar-refractivity contribution in [1.82, 2.24) is 0 Å². The molecule has 0 radical (unpaired) electrons. The fourth-order valence-corrected chi connectivity index (χ4v) is 35.3. The molecule has 0 saturated heterocycles. The first-order valence-electron chi connectivity index (χ1n) is 32.6. The zero-order valence-electron chi connectivity index (χ0n) is 52.1. The van der Waals surface area contributed by atoms with Crippen molar-refractivity contribution in [3.05, 3.63) is 364 Å². The molecule has 0 N–H and O–H groups in total. The SMILES string of the molecule is O=C(OC(CCCC[PH](c1ccccc1)(c1ccccc1)c1ccccc1)[PH](c1ccccc1)(c1ccccc1)c1ccccc1)C(=O)OC(CCCC[PH](c1ccccc1)(c1ccccc1)c1ccccc1)[PH](c1ccccc1)(c1ccccc1)c1ccccc1. The minimum atomic E-state index is -3.44. The molecule has 92 heavy (non-hydrogen) atoms. The van der Waals surface area contributed by atoms with Crippen LogP contribution in [0.15, 0.2) is 364 Å². The van der Waals surface area contributed by atoms with Crippen LogP contribution in [0.4, 0.5) is 0 Å². The quantitative estimate of drug-likeness (QED) is 0.0235. The molecule has 0 aliphatic carbocycles. The van der Waals surface area contributed by atoms with E-state index in [2.05, 4.69) is 328 Å². The van der Waals surface area contributed by atoms with Gasteiger partial charge in [-0.3, -0.25) is 0 Å². The van der Waals surface area contributed by atoms with Gasteiger partial charge in [0.1, 0.15) is 0 Å². The number of benzene rings is 12. The number of carbonyl (C=O) groups is 2. The van der Waals surface area contributed by atoms with Crippen molar-refractivity contribution in [3.63, 3.8) is 0 Å². The molecule has 462 valence electrons. The second-order valence-electron chi connectivity index (χ2n) is 24.1. The molecule has 2 atom stereocenters. The van der Waals surface area contributed by atoms with Crippen molar-refractivity contribution in [2.24, 2.45) is 0 Å². The molecule has 2 unspecified atom stereocenters. The van der Waals surface area contributed by atoms with E-state index in [1.807, 2.05) is 36.4 Å². The van der Waals surface area contributed by atoms with E-state index in [9.17, 15) is 0 Å². The molecule has 0 spiro atoms. The molecule has 0 fully saturated rings. The molecule has 12 aromatic carbocycles. The van der Waals surface area contributed by atoms with E-state index in [-0.39, 0.29) is 0 Å². The predicted octanol–water partition coefficient (Wildman–Crippen LogP) is 14.0. The van der Waals surface area contributed by atoms with Crippen LogP contribution in [0.2, 0.25) is 0 Å². The zero-order valence-corrected chi connectivity index (χ0v) is 56.1. The van der Waals surface area contributed by atoms with E-state index in [4.69, 9.17) is 9.47 Å². The third-order valence-electron chi connectivity index (χ3n) is 19.1. The number of rotatable bonds is 26. The number of hydrogen-bond donors (Lipinski definition) is 0. The van der Waals surface area contributed by atoms with Gasteiger partial charge in [-0.15, -0.1) is 0 Å². The molecule has 0 amide bonds. The average molecular weight is 1280 g/mol. The first-order chi connectivity index (χ1) is 45.5. The standard InChI is InChI=1S/C84H82O4P4/c85-83(87-81(91(75-53-25-7-26-54-75,76-55-27-8-28-56-76)77-57-29-9-30-58-77)65-37-39-67-89(69-41-13-1-14-42-69,70-43-15-2-16-44-70)71-45-17-3-18-46-71)84(86)88-82(92(78-59-31-10-32-60-78,79-61-33-11-34-62-79)80-63-35-12-36-64-80)66-38-40-68-90(72-47-19-4-20-48-72,73-49-21-5-22-50-73)74-51-23-6-24-52-74/h1-36,41-64,81-82,89-92H,37-40,65-68H2. The van der Waals surface area contributed by atoms with Gasteiger partial charge < -0.3 is 0 Å². The van der Waals surface area contributed by atoms with Gasteiger partial charge in [0, 0.05) is 0 Å². The number of carbonyl (C=O) groups excluding carboxylic acids is 2. The molecule has 0 aliphatic rings. The summed E-state index contributed by atoms with van der Waals surface area (Å²) >= 11 is 0. The molecule has 4 nitrogen and oxygen atoms in total. The fourth-order valence-electron chi connectivity index (χ4n) is 15.0. The topological polar surface area (TPSA) is 52.6 Å². The summed E-state index contributed by atoms with van der Waals surface area (Å²) < 4.78 is 14.5. The Morgan fingerprint density at radius 2 is 0.370 bits per heavy atom. The zero-order chi connectivity index (χ0) is 62.7. The van der Waals surface area contributed by atoms with Gasteiger partial charge in [0.05, 0.1) is 0 Å². The number of unbranched alkanes of at least 4 members (excludes halogenated alkanes) is 2. The van der Waals surface area contributed by atoms with E-state index in [1.165, 1.54) is 31.8 Å². The number of hydrogen-bond acceptors (Lipinski definition) is 4. The third-order valence-corrected chi connectivity index (χ3v) is 39.5. The van der Waals surface area contributed by atoms with Crippen LogP contribution in [0.3, 0.4) is 0 Å². The van der Waals surface area contributed by atoms with E-state index >= 15 is 9.59 Å². The Labute approximate surface area is 546 Å². The Bertz CT molecular complexity index is 3520. The third kappa shape index (κ3) is 13.2. The Hall–Kier alpha value is -8.70. The van der Waals surface area contributed by atoms with Crippen LogP contribution in [0.1, 0.15) is 38.5 Å². The van der Waals surface area contributed by atoms with E-state index in [1.54, 1.807) is 0 Å². The van der Waals surface area contributed by atoms with Gasteiger partial charge in [0.25, 0.3) is 0 Å². The second-order valence-corrected chi connectivity index (χ2v) is 40.2. The summed E-state index contributed by atoms with van der Waals surface area (Å²) in [5.74, 6) is -3.41. The Kier molecular flexibility index (Phi) is 21.1. The Balaban J connectivity index is 0.954.